The summed E-state index contributed by atoms with van der Waals surface area (Å²) in [5, 5.41) is 16.9. The summed E-state index contributed by atoms with van der Waals surface area (Å²) in [5.41, 5.74) is 0.251. The summed E-state index contributed by atoms with van der Waals surface area (Å²) in [6, 6.07) is 4.38. The number of rotatable bonds is 9. The minimum absolute atomic E-state index is 0.0445. The Labute approximate surface area is 146 Å². The van der Waals surface area contributed by atoms with Gasteiger partial charge in [-0.25, -0.2) is 4.79 Å². The molecule has 8 nitrogen and oxygen atoms in total. The van der Waals surface area contributed by atoms with E-state index in [1.165, 1.54) is 18.2 Å². The molecule has 0 saturated heterocycles. The van der Waals surface area contributed by atoms with Gasteiger partial charge in [-0.2, -0.15) is 0 Å². The average molecular weight is 349 g/mol. The SMILES string of the molecule is CC(C)CCNC(=O)COC(=O)c1ccc(NC2CC2)c([N+](=O)[O-])c1. The lowest BCUT2D eigenvalue weighted by molar-refractivity contribution is -0.384. The van der Waals surface area contributed by atoms with E-state index in [-0.39, 0.29) is 17.3 Å². The molecule has 0 atom stereocenters. The van der Waals surface area contributed by atoms with Crippen molar-refractivity contribution in [1.82, 2.24) is 5.32 Å². The number of benzene rings is 1. The lowest BCUT2D eigenvalue weighted by Gasteiger charge is -2.09. The predicted octanol–water partition coefficient (Wildman–Crippen LogP) is 2.49. The van der Waals surface area contributed by atoms with Crippen molar-refractivity contribution in [2.24, 2.45) is 5.92 Å². The molecule has 0 aromatic heterocycles. The van der Waals surface area contributed by atoms with Crippen molar-refractivity contribution in [2.75, 3.05) is 18.5 Å². The van der Waals surface area contributed by atoms with Crippen LogP contribution in [0, 0.1) is 16.0 Å². The number of ether oxygens (including phenoxy) is 1. The Hall–Kier alpha value is -2.64. The molecular formula is C17H23N3O5. The highest BCUT2D eigenvalue weighted by Crippen LogP contribution is 2.31. The fourth-order valence-electron chi connectivity index (χ4n) is 2.15. The number of carbonyl (C=O) groups excluding carboxylic acids is 2. The molecule has 1 amide bonds. The van der Waals surface area contributed by atoms with E-state index >= 15 is 0 Å². The summed E-state index contributed by atoms with van der Waals surface area (Å²) in [6.07, 6.45) is 2.79. The lowest BCUT2D eigenvalue weighted by Crippen LogP contribution is -2.30. The van der Waals surface area contributed by atoms with Gasteiger partial charge in [-0.3, -0.25) is 14.9 Å². The molecular weight excluding hydrogens is 326 g/mol. The van der Waals surface area contributed by atoms with E-state index in [2.05, 4.69) is 10.6 Å². The normalized spacial score (nSPS) is 13.4. The molecule has 136 valence electrons. The summed E-state index contributed by atoms with van der Waals surface area (Å²) >= 11 is 0. The van der Waals surface area contributed by atoms with Crippen molar-refractivity contribution in [2.45, 2.75) is 39.2 Å². The van der Waals surface area contributed by atoms with Crippen molar-refractivity contribution in [3.05, 3.63) is 33.9 Å². The van der Waals surface area contributed by atoms with Crippen LogP contribution in [0.25, 0.3) is 0 Å². The minimum Gasteiger partial charge on any atom is -0.452 e. The van der Waals surface area contributed by atoms with Crippen LogP contribution in [0.3, 0.4) is 0 Å². The number of nitro benzene ring substituents is 1. The van der Waals surface area contributed by atoms with Crippen molar-refractivity contribution in [3.8, 4) is 0 Å². The van der Waals surface area contributed by atoms with Crippen LogP contribution < -0.4 is 10.6 Å². The Morgan fingerprint density at radius 2 is 2.08 bits per heavy atom. The number of carbonyl (C=O) groups is 2. The molecule has 0 unspecified atom stereocenters. The van der Waals surface area contributed by atoms with Gasteiger partial charge in [-0.05, 0) is 37.3 Å². The Morgan fingerprint density at radius 1 is 1.36 bits per heavy atom. The zero-order valence-electron chi connectivity index (χ0n) is 14.4. The second-order valence-corrected chi connectivity index (χ2v) is 6.52. The number of amides is 1. The Bertz CT molecular complexity index is 656. The summed E-state index contributed by atoms with van der Waals surface area (Å²) in [4.78, 5) is 34.3. The van der Waals surface area contributed by atoms with Crippen LogP contribution >= 0.6 is 0 Å². The van der Waals surface area contributed by atoms with Crippen molar-refractivity contribution < 1.29 is 19.2 Å². The van der Waals surface area contributed by atoms with Crippen LogP contribution in [0.2, 0.25) is 0 Å². The molecule has 8 heteroatoms. The van der Waals surface area contributed by atoms with Gasteiger partial charge in [0, 0.05) is 18.7 Å². The van der Waals surface area contributed by atoms with Crippen molar-refractivity contribution >= 4 is 23.3 Å². The quantitative estimate of drug-likeness (QED) is 0.402. The average Bonchev–Trinajstić information content (AvgIpc) is 3.36. The third-order valence-electron chi connectivity index (χ3n) is 3.75. The molecule has 1 aromatic carbocycles. The van der Waals surface area contributed by atoms with E-state index in [1.54, 1.807) is 0 Å². The summed E-state index contributed by atoms with van der Waals surface area (Å²) in [5.74, 6) is -0.693. The first-order valence-corrected chi connectivity index (χ1v) is 8.35. The van der Waals surface area contributed by atoms with E-state index in [0.717, 1.165) is 19.3 Å². The van der Waals surface area contributed by atoms with Crippen LogP contribution in [0.4, 0.5) is 11.4 Å². The number of nitro groups is 1. The van der Waals surface area contributed by atoms with Gasteiger partial charge in [0.1, 0.15) is 5.69 Å². The molecule has 2 N–H and O–H groups in total. The Morgan fingerprint density at radius 3 is 2.68 bits per heavy atom. The third kappa shape index (κ3) is 6.06. The summed E-state index contributed by atoms with van der Waals surface area (Å²) < 4.78 is 4.92. The van der Waals surface area contributed by atoms with Gasteiger partial charge in [0.2, 0.25) is 0 Å². The van der Waals surface area contributed by atoms with Gasteiger partial charge in [0.15, 0.2) is 6.61 Å². The highest BCUT2D eigenvalue weighted by molar-refractivity contribution is 5.93. The molecule has 25 heavy (non-hydrogen) atoms. The maximum atomic E-state index is 12.0. The molecule has 1 aliphatic rings. The van der Waals surface area contributed by atoms with E-state index in [1.807, 2.05) is 13.8 Å². The molecule has 1 saturated carbocycles. The van der Waals surface area contributed by atoms with E-state index < -0.39 is 23.4 Å². The number of hydrogen-bond donors (Lipinski definition) is 2. The fourth-order valence-corrected chi connectivity index (χ4v) is 2.15. The van der Waals surface area contributed by atoms with Gasteiger partial charge >= 0.3 is 5.97 Å². The topological polar surface area (TPSA) is 111 Å². The van der Waals surface area contributed by atoms with Crippen LogP contribution in [0.5, 0.6) is 0 Å². The van der Waals surface area contributed by atoms with Gasteiger partial charge in [0.05, 0.1) is 10.5 Å². The molecule has 1 aromatic rings. The molecule has 0 bridgehead atoms. The highest BCUT2D eigenvalue weighted by Gasteiger charge is 2.25. The van der Waals surface area contributed by atoms with Gasteiger partial charge < -0.3 is 15.4 Å². The molecule has 1 aliphatic carbocycles. The van der Waals surface area contributed by atoms with E-state index in [4.69, 9.17) is 4.74 Å². The van der Waals surface area contributed by atoms with Crippen molar-refractivity contribution in [1.29, 1.82) is 0 Å². The fraction of sp³-hybridized carbons (Fsp3) is 0.529. The first-order valence-electron chi connectivity index (χ1n) is 8.35. The molecule has 2 rings (SSSR count). The Kier molecular flexibility index (Phi) is 6.32. The van der Waals surface area contributed by atoms with E-state index in [9.17, 15) is 19.7 Å². The standard InChI is InChI=1S/C17H23N3O5/c1-11(2)7-8-18-16(21)10-25-17(22)12-3-6-14(19-13-4-5-13)15(9-12)20(23)24/h3,6,9,11,13,19H,4-5,7-8,10H2,1-2H3,(H,18,21). The monoisotopic (exact) mass is 349 g/mol. The Balaban J connectivity index is 1.91. The summed E-state index contributed by atoms with van der Waals surface area (Å²) in [6.45, 7) is 4.19. The van der Waals surface area contributed by atoms with Gasteiger partial charge in [0.25, 0.3) is 11.6 Å². The minimum atomic E-state index is -0.764. The molecule has 0 aliphatic heterocycles. The van der Waals surface area contributed by atoms with Crippen LogP contribution in [0.1, 0.15) is 43.5 Å². The molecule has 0 spiro atoms. The molecule has 0 heterocycles. The number of hydrogen-bond acceptors (Lipinski definition) is 6. The smallest absolute Gasteiger partial charge is 0.338 e. The second-order valence-electron chi connectivity index (χ2n) is 6.52. The number of anilines is 1. The maximum Gasteiger partial charge on any atom is 0.338 e. The number of esters is 1. The largest absolute Gasteiger partial charge is 0.452 e. The second kappa shape index (κ2) is 8.46. The van der Waals surface area contributed by atoms with Crippen molar-refractivity contribution in [3.63, 3.8) is 0 Å². The third-order valence-corrected chi connectivity index (χ3v) is 3.75. The van der Waals surface area contributed by atoms with Crippen LogP contribution in [0.15, 0.2) is 18.2 Å². The van der Waals surface area contributed by atoms with Gasteiger partial charge in [-0.15, -0.1) is 0 Å². The zero-order valence-corrected chi connectivity index (χ0v) is 14.4. The first kappa shape index (κ1) is 18.7. The first-order chi connectivity index (χ1) is 11.9. The number of nitrogens with zero attached hydrogens (tertiary/aromatic N) is 1. The highest BCUT2D eigenvalue weighted by atomic mass is 16.6. The summed E-state index contributed by atoms with van der Waals surface area (Å²) in [7, 11) is 0. The lowest BCUT2D eigenvalue weighted by atomic mass is 10.1. The maximum absolute atomic E-state index is 12.0. The zero-order chi connectivity index (χ0) is 18.4. The molecule has 1 fully saturated rings. The van der Waals surface area contributed by atoms with Crippen LogP contribution in [-0.4, -0.2) is 36.0 Å². The predicted molar refractivity (Wildman–Crippen MR) is 92.5 cm³/mol. The molecule has 0 radical (unpaired) electrons. The number of nitrogens with one attached hydrogen (secondary N) is 2. The van der Waals surface area contributed by atoms with E-state index in [0.29, 0.717) is 18.2 Å². The van der Waals surface area contributed by atoms with Crippen LogP contribution in [-0.2, 0) is 9.53 Å². The van der Waals surface area contributed by atoms with Gasteiger partial charge in [-0.1, -0.05) is 13.8 Å².